The van der Waals surface area contributed by atoms with Gasteiger partial charge in [0.2, 0.25) is 0 Å². The van der Waals surface area contributed by atoms with Crippen LogP contribution in [0.5, 0.6) is 5.75 Å². The van der Waals surface area contributed by atoms with Crippen molar-refractivity contribution in [3.63, 3.8) is 0 Å². The number of aromatic nitrogens is 2. The van der Waals surface area contributed by atoms with E-state index in [-0.39, 0.29) is 0 Å². The number of methoxy groups -OCH3 is 1. The summed E-state index contributed by atoms with van der Waals surface area (Å²) in [6.45, 7) is 4.42. The maximum atomic E-state index is 10.9. The van der Waals surface area contributed by atoms with Gasteiger partial charge in [0.1, 0.15) is 5.75 Å². The Balaban J connectivity index is 2.16. The monoisotopic (exact) mass is 370 g/mol. The zero-order valence-corrected chi connectivity index (χ0v) is 17.1. The predicted octanol–water partition coefficient (Wildman–Crippen LogP) is 5.23. The minimum absolute atomic E-state index is 0.445. The lowest BCUT2D eigenvalue weighted by atomic mass is 9.88. The van der Waals surface area contributed by atoms with Gasteiger partial charge in [-0.15, -0.1) is 0 Å². The molecule has 0 spiro atoms. The van der Waals surface area contributed by atoms with Crippen molar-refractivity contribution < 1.29 is 9.84 Å². The van der Waals surface area contributed by atoms with Gasteiger partial charge in [-0.2, -0.15) is 0 Å². The first-order valence-corrected chi connectivity index (χ1v) is 10.3. The van der Waals surface area contributed by atoms with Gasteiger partial charge in [0, 0.05) is 18.6 Å². The molecule has 148 valence electrons. The summed E-state index contributed by atoms with van der Waals surface area (Å²) in [4.78, 5) is 8.43. The molecule has 27 heavy (non-hydrogen) atoms. The Morgan fingerprint density at radius 3 is 2.33 bits per heavy atom. The van der Waals surface area contributed by atoms with Gasteiger partial charge in [0.15, 0.2) is 0 Å². The lowest BCUT2D eigenvalue weighted by Crippen LogP contribution is -2.08. The first kappa shape index (κ1) is 21.4. The Bertz CT molecular complexity index is 674. The molecular formula is C23H34N2O2. The molecule has 1 aromatic heterocycles. The van der Waals surface area contributed by atoms with Crippen LogP contribution in [0.15, 0.2) is 30.7 Å². The molecule has 0 aliphatic heterocycles. The van der Waals surface area contributed by atoms with Crippen LogP contribution in [0.2, 0.25) is 0 Å². The molecule has 1 aromatic carbocycles. The third-order valence-corrected chi connectivity index (χ3v) is 5.09. The summed E-state index contributed by atoms with van der Waals surface area (Å²) in [7, 11) is 1.74. The van der Waals surface area contributed by atoms with Gasteiger partial charge in [-0.1, -0.05) is 32.8 Å². The van der Waals surface area contributed by atoms with Gasteiger partial charge in [0.25, 0.3) is 0 Å². The highest BCUT2D eigenvalue weighted by molar-refractivity contribution is 5.46. The molecular weight excluding hydrogens is 336 g/mol. The number of aliphatic hydroxyl groups excluding tert-OH is 1. The molecule has 1 unspecified atom stereocenters. The second kappa shape index (κ2) is 11.7. The molecule has 1 N–H and O–H groups in total. The van der Waals surface area contributed by atoms with Crippen LogP contribution in [0.1, 0.15) is 80.9 Å². The highest BCUT2D eigenvalue weighted by Gasteiger charge is 2.18. The van der Waals surface area contributed by atoms with Crippen molar-refractivity contribution in [1.82, 2.24) is 9.97 Å². The number of aliphatic hydroxyl groups is 1. The van der Waals surface area contributed by atoms with Gasteiger partial charge in [0.05, 0.1) is 18.9 Å². The molecule has 0 radical (unpaired) electrons. The SMILES string of the molecule is CCCCc1c(OC)ccc(C(O)CCCc2cnccn2)c1CCCC. The van der Waals surface area contributed by atoms with Gasteiger partial charge in [-0.05, 0) is 67.7 Å². The number of nitrogens with zero attached hydrogens (tertiary/aromatic N) is 2. The van der Waals surface area contributed by atoms with Crippen LogP contribution < -0.4 is 4.74 Å². The van der Waals surface area contributed by atoms with Gasteiger partial charge >= 0.3 is 0 Å². The molecule has 4 heteroatoms. The van der Waals surface area contributed by atoms with Crippen molar-refractivity contribution in [3.8, 4) is 5.75 Å². The average Bonchev–Trinajstić information content (AvgIpc) is 2.71. The Kier molecular flexibility index (Phi) is 9.26. The minimum atomic E-state index is -0.445. The molecule has 0 saturated carbocycles. The van der Waals surface area contributed by atoms with E-state index in [0.29, 0.717) is 0 Å². The van der Waals surface area contributed by atoms with Crippen LogP contribution in [-0.4, -0.2) is 22.2 Å². The van der Waals surface area contributed by atoms with E-state index in [0.717, 1.165) is 74.8 Å². The molecule has 0 fully saturated rings. The maximum absolute atomic E-state index is 10.9. The molecule has 2 rings (SSSR count). The summed E-state index contributed by atoms with van der Waals surface area (Å²) in [5.41, 5.74) is 4.65. The third kappa shape index (κ3) is 6.31. The second-order valence-corrected chi connectivity index (χ2v) is 7.13. The fraction of sp³-hybridized carbons (Fsp3) is 0.565. The van der Waals surface area contributed by atoms with Crippen LogP contribution in [0.3, 0.4) is 0 Å². The van der Waals surface area contributed by atoms with Crippen LogP contribution in [-0.2, 0) is 19.3 Å². The molecule has 4 nitrogen and oxygen atoms in total. The summed E-state index contributed by atoms with van der Waals surface area (Å²) >= 11 is 0. The van der Waals surface area contributed by atoms with E-state index in [9.17, 15) is 5.11 Å². The Morgan fingerprint density at radius 2 is 1.70 bits per heavy atom. The smallest absolute Gasteiger partial charge is 0.122 e. The van der Waals surface area contributed by atoms with Crippen LogP contribution in [0, 0.1) is 0 Å². The maximum Gasteiger partial charge on any atom is 0.122 e. The normalized spacial score (nSPS) is 12.1. The van der Waals surface area contributed by atoms with Crippen molar-refractivity contribution in [2.24, 2.45) is 0 Å². The first-order valence-electron chi connectivity index (χ1n) is 10.3. The van der Waals surface area contributed by atoms with E-state index in [1.54, 1.807) is 25.7 Å². The second-order valence-electron chi connectivity index (χ2n) is 7.13. The van der Waals surface area contributed by atoms with E-state index in [4.69, 9.17) is 4.74 Å². The molecule has 0 amide bonds. The lowest BCUT2D eigenvalue weighted by Gasteiger charge is -2.21. The molecule has 0 aliphatic carbocycles. The van der Waals surface area contributed by atoms with Crippen molar-refractivity contribution >= 4 is 0 Å². The van der Waals surface area contributed by atoms with Crippen LogP contribution in [0.4, 0.5) is 0 Å². The number of hydrogen-bond donors (Lipinski definition) is 1. The van der Waals surface area contributed by atoms with E-state index in [1.165, 1.54) is 11.1 Å². The highest BCUT2D eigenvalue weighted by atomic mass is 16.5. The Morgan fingerprint density at radius 1 is 0.963 bits per heavy atom. The fourth-order valence-corrected chi connectivity index (χ4v) is 3.56. The number of aryl methyl sites for hydroxylation is 1. The summed E-state index contributed by atoms with van der Waals surface area (Å²) in [5.74, 6) is 0.963. The largest absolute Gasteiger partial charge is 0.496 e. The van der Waals surface area contributed by atoms with E-state index >= 15 is 0 Å². The van der Waals surface area contributed by atoms with Gasteiger partial charge in [-0.3, -0.25) is 9.97 Å². The zero-order valence-electron chi connectivity index (χ0n) is 17.1. The Labute approximate surface area is 164 Å². The van der Waals surface area contributed by atoms with Crippen molar-refractivity contribution in [3.05, 3.63) is 53.1 Å². The molecule has 0 saturated heterocycles. The van der Waals surface area contributed by atoms with Gasteiger partial charge in [-0.25, -0.2) is 0 Å². The van der Waals surface area contributed by atoms with Crippen molar-refractivity contribution in [2.75, 3.05) is 7.11 Å². The highest BCUT2D eigenvalue weighted by Crippen LogP contribution is 2.33. The van der Waals surface area contributed by atoms with Gasteiger partial charge < -0.3 is 9.84 Å². The van der Waals surface area contributed by atoms with Crippen LogP contribution >= 0.6 is 0 Å². The van der Waals surface area contributed by atoms with E-state index in [1.807, 2.05) is 6.07 Å². The molecule has 1 atom stereocenters. The summed E-state index contributed by atoms with van der Waals surface area (Å²) in [5, 5.41) is 10.9. The van der Waals surface area contributed by atoms with Crippen molar-refractivity contribution in [1.29, 1.82) is 0 Å². The minimum Gasteiger partial charge on any atom is -0.496 e. The van der Waals surface area contributed by atoms with E-state index < -0.39 is 6.10 Å². The predicted molar refractivity (Wildman–Crippen MR) is 110 cm³/mol. The molecule has 1 heterocycles. The number of hydrogen-bond acceptors (Lipinski definition) is 4. The third-order valence-electron chi connectivity index (χ3n) is 5.09. The summed E-state index contributed by atoms with van der Waals surface area (Å²) in [6.07, 6.45) is 13.8. The quantitative estimate of drug-likeness (QED) is 0.556. The standard InChI is InChI=1S/C23H34N2O2/c1-4-6-10-19-20(13-14-23(27-3)21(19)11-7-5-2)22(26)12-8-9-18-17-24-15-16-25-18/h13-17,22,26H,4-12H2,1-3H3. The Hall–Kier alpha value is -1.94. The number of benzene rings is 1. The first-order chi connectivity index (χ1) is 13.2. The topological polar surface area (TPSA) is 55.2 Å². The van der Waals surface area contributed by atoms with E-state index in [2.05, 4.69) is 29.9 Å². The lowest BCUT2D eigenvalue weighted by molar-refractivity contribution is 0.163. The van der Waals surface area contributed by atoms with Crippen molar-refractivity contribution in [2.45, 2.75) is 77.7 Å². The molecule has 2 aromatic rings. The molecule has 0 bridgehead atoms. The fourth-order valence-electron chi connectivity index (χ4n) is 3.56. The van der Waals surface area contributed by atoms with Crippen LogP contribution in [0.25, 0.3) is 0 Å². The molecule has 0 aliphatic rings. The number of unbranched alkanes of at least 4 members (excludes halogenated alkanes) is 2. The summed E-state index contributed by atoms with van der Waals surface area (Å²) in [6, 6.07) is 4.09. The zero-order chi connectivity index (χ0) is 19.5. The number of ether oxygens (including phenoxy) is 1. The summed E-state index contributed by atoms with van der Waals surface area (Å²) < 4.78 is 5.64. The average molecular weight is 371 g/mol. The number of rotatable bonds is 12.